The summed E-state index contributed by atoms with van der Waals surface area (Å²) in [5.41, 5.74) is 4.49. The molecule has 0 saturated carbocycles. The predicted molar refractivity (Wildman–Crippen MR) is 100 cm³/mol. The monoisotopic (exact) mass is 356 g/mol. The van der Waals surface area contributed by atoms with Crippen LogP contribution in [0.5, 0.6) is 0 Å². The Balaban J connectivity index is 1.93. The highest BCUT2D eigenvalue weighted by Crippen LogP contribution is 2.35. The van der Waals surface area contributed by atoms with Crippen molar-refractivity contribution >= 4 is 34.8 Å². The van der Waals surface area contributed by atoms with E-state index >= 15 is 0 Å². The maximum atomic E-state index is 13.6. The Morgan fingerprint density at radius 2 is 2.08 bits per heavy atom. The molecule has 3 rings (SSSR count). The second kappa shape index (κ2) is 7.13. The van der Waals surface area contributed by atoms with Crippen molar-refractivity contribution in [2.75, 3.05) is 23.7 Å². The van der Waals surface area contributed by atoms with Crippen LogP contribution < -0.4 is 16.0 Å². The number of aromatic nitrogens is 1. The van der Waals surface area contributed by atoms with Gasteiger partial charge in [0.1, 0.15) is 5.82 Å². The summed E-state index contributed by atoms with van der Waals surface area (Å²) in [6.07, 6.45) is 1.68. The SMILES string of the molecule is CCNCC(=O)Nc1c(C)[nH]c(/C=C2\C(=O)Nc3ccc(F)cc32)c1C. The first-order valence-corrected chi connectivity index (χ1v) is 8.43. The second-order valence-corrected chi connectivity index (χ2v) is 6.19. The Kier molecular flexibility index (Phi) is 4.90. The highest BCUT2D eigenvalue weighted by atomic mass is 19.1. The summed E-state index contributed by atoms with van der Waals surface area (Å²) >= 11 is 0. The van der Waals surface area contributed by atoms with E-state index in [1.165, 1.54) is 12.1 Å². The number of nitrogens with one attached hydrogen (secondary N) is 4. The lowest BCUT2D eigenvalue weighted by Gasteiger charge is -2.06. The molecule has 0 atom stereocenters. The maximum absolute atomic E-state index is 13.6. The molecule has 1 aromatic heterocycles. The van der Waals surface area contributed by atoms with Crippen LogP contribution in [0.2, 0.25) is 0 Å². The van der Waals surface area contributed by atoms with Crippen molar-refractivity contribution in [1.82, 2.24) is 10.3 Å². The fourth-order valence-corrected chi connectivity index (χ4v) is 2.98. The number of carbonyl (C=O) groups excluding carboxylic acids is 2. The van der Waals surface area contributed by atoms with Crippen LogP contribution in [0, 0.1) is 19.7 Å². The molecule has 136 valence electrons. The first-order chi connectivity index (χ1) is 12.4. The van der Waals surface area contributed by atoms with Crippen molar-refractivity contribution in [1.29, 1.82) is 0 Å². The number of amides is 2. The number of H-pyrrole nitrogens is 1. The van der Waals surface area contributed by atoms with Crippen LogP contribution in [-0.4, -0.2) is 29.9 Å². The predicted octanol–water partition coefficient (Wildman–Crippen LogP) is 2.81. The Morgan fingerprint density at radius 1 is 1.31 bits per heavy atom. The zero-order valence-electron chi connectivity index (χ0n) is 14.9. The Bertz CT molecular complexity index is 915. The number of rotatable bonds is 5. The number of benzene rings is 1. The van der Waals surface area contributed by atoms with E-state index in [4.69, 9.17) is 0 Å². The topological polar surface area (TPSA) is 86.0 Å². The van der Waals surface area contributed by atoms with Crippen LogP contribution in [0.1, 0.15) is 29.4 Å². The molecule has 1 aliphatic heterocycles. The van der Waals surface area contributed by atoms with E-state index in [0.717, 1.165) is 11.3 Å². The molecule has 1 aliphatic rings. The van der Waals surface area contributed by atoms with E-state index in [1.807, 2.05) is 20.8 Å². The van der Waals surface area contributed by atoms with Crippen LogP contribution in [0.25, 0.3) is 11.6 Å². The number of aryl methyl sites for hydroxylation is 1. The number of hydrogen-bond donors (Lipinski definition) is 4. The molecule has 6 nitrogen and oxygen atoms in total. The Hall–Kier alpha value is -2.93. The average Bonchev–Trinajstić information content (AvgIpc) is 3.04. The fraction of sp³-hybridized carbons (Fsp3) is 0.263. The molecule has 26 heavy (non-hydrogen) atoms. The van der Waals surface area contributed by atoms with Crippen LogP contribution in [0.4, 0.5) is 15.8 Å². The highest BCUT2D eigenvalue weighted by Gasteiger charge is 2.25. The quantitative estimate of drug-likeness (QED) is 0.622. The molecule has 2 heterocycles. The van der Waals surface area contributed by atoms with Gasteiger partial charge >= 0.3 is 0 Å². The summed E-state index contributed by atoms with van der Waals surface area (Å²) < 4.78 is 13.6. The van der Waals surface area contributed by atoms with E-state index in [0.29, 0.717) is 34.8 Å². The van der Waals surface area contributed by atoms with Crippen LogP contribution in [0.15, 0.2) is 18.2 Å². The molecule has 0 saturated heterocycles. The van der Waals surface area contributed by atoms with Gasteiger partial charge in [0.25, 0.3) is 5.91 Å². The number of halogens is 1. The smallest absolute Gasteiger partial charge is 0.256 e. The van der Waals surface area contributed by atoms with Crippen molar-refractivity contribution in [3.8, 4) is 0 Å². The van der Waals surface area contributed by atoms with Crippen molar-refractivity contribution in [3.63, 3.8) is 0 Å². The third kappa shape index (κ3) is 3.39. The molecule has 7 heteroatoms. The normalized spacial score (nSPS) is 14.5. The van der Waals surface area contributed by atoms with Crippen LogP contribution in [-0.2, 0) is 9.59 Å². The number of likely N-dealkylation sites (N-methyl/N-ethyl adjacent to an activating group) is 1. The number of hydrogen-bond acceptors (Lipinski definition) is 3. The van der Waals surface area contributed by atoms with Gasteiger partial charge in [0.2, 0.25) is 5.91 Å². The molecule has 1 aromatic carbocycles. The lowest BCUT2D eigenvalue weighted by molar-refractivity contribution is -0.115. The van der Waals surface area contributed by atoms with E-state index in [1.54, 1.807) is 12.1 Å². The van der Waals surface area contributed by atoms with Gasteiger partial charge in [-0.25, -0.2) is 4.39 Å². The number of fused-ring (bicyclic) bond motifs is 1. The van der Waals surface area contributed by atoms with E-state index in [-0.39, 0.29) is 18.4 Å². The maximum Gasteiger partial charge on any atom is 0.256 e. The van der Waals surface area contributed by atoms with Gasteiger partial charge in [-0.15, -0.1) is 0 Å². The van der Waals surface area contributed by atoms with E-state index in [9.17, 15) is 14.0 Å². The van der Waals surface area contributed by atoms with Gasteiger partial charge in [-0.2, -0.15) is 0 Å². The van der Waals surface area contributed by atoms with Gasteiger partial charge in [-0.3, -0.25) is 9.59 Å². The third-order valence-corrected chi connectivity index (χ3v) is 4.33. The van der Waals surface area contributed by atoms with Gasteiger partial charge in [0, 0.05) is 22.6 Å². The summed E-state index contributed by atoms with van der Waals surface area (Å²) in [5, 5.41) is 8.57. The van der Waals surface area contributed by atoms with Crippen molar-refractivity contribution < 1.29 is 14.0 Å². The molecule has 4 N–H and O–H groups in total. The van der Waals surface area contributed by atoms with E-state index in [2.05, 4.69) is 20.9 Å². The minimum Gasteiger partial charge on any atom is -0.357 e. The molecular formula is C19H21FN4O2. The standard InChI is InChI=1S/C19H21FN4O2/c1-4-21-9-17(25)24-18-10(2)16(22-11(18)3)8-14-13-7-12(20)5-6-15(13)23-19(14)26/h5-8,21-22H,4,9H2,1-3H3,(H,23,26)(H,24,25)/b14-8-. The van der Waals surface area contributed by atoms with E-state index < -0.39 is 5.82 Å². The largest absolute Gasteiger partial charge is 0.357 e. The second-order valence-electron chi connectivity index (χ2n) is 6.19. The number of anilines is 2. The number of aromatic amines is 1. The molecular weight excluding hydrogens is 335 g/mol. The fourth-order valence-electron chi connectivity index (χ4n) is 2.98. The third-order valence-electron chi connectivity index (χ3n) is 4.33. The Labute approximate surface area is 150 Å². The molecule has 2 aromatic rings. The molecule has 0 radical (unpaired) electrons. The van der Waals surface area contributed by atoms with Gasteiger partial charge in [0.15, 0.2) is 0 Å². The minimum absolute atomic E-state index is 0.137. The van der Waals surface area contributed by atoms with Crippen molar-refractivity contribution in [2.24, 2.45) is 0 Å². The molecule has 0 unspecified atom stereocenters. The first-order valence-electron chi connectivity index (χ1n) is 8.43. The highest BCUT2D eigenvalue weighted by molar-refractivity contribution is 6.34. The zero-order valence-corrected chi connectivity index (χ0v) is 14.9. The summed E-state index contributed by atoms with van der Waals surface area (Å²) in [6.45, 7) is 6.57. The van der Waals surface area contributed by atoms with Crippen molar-refractivity contribution in [3.05, 3.63) is 46.5 Å². The number of carbonyl (C=O) groups is 2. The minimum atomic E-state index is -0.401. The summed E-state index contributed by atoms with van der Waals surface area (Å²) in [6, 6.07) is 4.19. The van der Waals surface area contributed by atoms with Crippen LogP contribution >= 0.6 is 0 Å². The van der Waals surface area contributed by atoms with Gasteiger partial charge in [-0.05, 0) is 50.2 Å². The molecule has 0 bridgehead atoms. The summed E-state index contributed by atoms with van der Waals surface area (Å²) in [4.78, 5) is 27.4. The first kappa shape index (κ1) is 17.9. The molecule has 0 aliphatic carbocycles. The van der Waals surface area contributed by atoms with Gasteiger partial charge in [-0.1, -0.05) is 6.92 Å². The molecule has 0 fully saturated rings. The molecule has 0 spiro atoms. The summed E-state index contributed by atoms with van der Waals surface area (Å²) in [5.74, 6) is -0.820. The Morgan fingerprint density at radius 3 is 2.81 bits per heavy atom. The van der Waals surface area contributed by atoms with Crippen LogP contribution in [0.3, 0.4) is 0 Å². The lowest BCUT2D eigenvalue weighted by Crippen LogP contribution is -2.28. The van der Waals surface area contributed by atoms with Gasteiger partial charge < -0.3 is 20.9 Å². The zero-order chi connectivity index (χ0) is 18.8. The summed E-state index contributed by atoms with van der Waals surface area (Å²) in [7, 11) is 0. The van der Waals surface area contributed by atoms with Crippen molar-refractivity contribution in [2.45, 2.75) is 20.8 Å². The average molecular weight is 356 g/mol. The lowest BCUT2D eigenvalue weighted by atomic mass is 10.0. The molecule has 2 amide bonds. The van der Waals surface area contributed by atoms with Gasteiger partial charge in [0.05, 0.1) is 17.8 Å².